The number of hydrogen-bond donors (Lipinski definition) is 1. The van der Waals surface area contributed by atoms with Crippen LogP contribution in [0.5, 0.6) is 0 Å². The highest BCUT2D eigenvalue weighted by Gasteiger charge is 2.32. The number of carbonyl (C=O) groups excluding carboxylic acids is 1. The van der Waals surface area contributed by atoms with E-state index < -0.39 is 6.09 Å². The summed E-state index contributed by atoms with van der Waals surface area (Å²) in [5, 5.41) is 9.00. The molecule has 3 rings (SSSR count). The summed E-state index contributed by atoms with van der Waals surface area (Å²) < 4.78 is 5.40. The van der Waals surface area contributed by atoms with Crippen LogP contribution in [0.15, 0.2) is 18.3 Å². The number of piperazine rings is 1. The first-order chi connectivity index (χ1) is 12.1. The highest BCUT2D eigenvalue weighted by atomic mass is 16.6. The molecule has 1 unspecified atom stereocenters. The van der Waals surface area contributed by atoms with Crippen LogP contribution in [0, 0.1) is 0 Å². The summed E-state index contributed by atoms with van der Waals surface area (Å²) in [4.78, 5) is 32.5. The molecule has 2 aliphatic heterocycles. The van der Waals surface area contributed by atoms with Crippen LogP contribution in [0.2, 0.25) is 0 Å². The SMILES string of the molecule is CCCCC1CN(c2ccc(N3CCN(C(=O)O)CC3)nc2)C(=O)O1. The molecule has 0 aromatic carbocycles. The first-order valence-electron chi connectivity index (χ1n) is 8.75. The number of hydrogen-bond acceptors (Lipinski definition) is 5. The molecule has 1 aromatic rings. The predicted octanol–water partition coefficient (Wildman–Crippen LogP) is 2.40. The minimum Gasteiger partial charge on any atom is -0.465 e. The third kappa shape index (κ3) is 3.94. The fraction of sp³-hybridized carbons (Fsp3) is 0.588. The lowest BCUT2D eigenvalue weighted by Gasteiger charge is -2.33. The Hall–Kier alpha value is -2.51. The van der Waals surface area contributed by atoms with Gasteiger partial charge in [0.25, 0.3) is 0 Å². The molecular formula is C17H24N4O4. The van der Waals surface area contributed by atoms with Gasteiger partial charge in [-0.15, -0.1) is 0 Å². The summed E-state index contributed by atoms with van der Waals surface area (Å²) in [5.41, 5.74) is 0.733. The molecule has 3 heterocycles. The molecule has 2 aliphatic rings. The second kappa shape index (κ2) is 7.58. The molecule has 136 valence electrons. The molecule has 0 aliphatic carbocycles. The lowest BCUT2D eigenvalue weighted by Crippen LogP contribution is -2.48. The van der Waals surface area contributed by atoms with Crippen LogP contribution in [0.3, 0.4) is 0 Å². The van der Waals surface area contributed by atoms with Crippen molar-refractivity contribution in [1.29, 1.82) is 0 Å². The molecule has 8 heteroatoms. The number of nitrogens with zero attached hydrogens (tertiary/aromatic N) is 4. The third-order valence-electron chi connectivity index (χ3n) is 4.67. The van der Waals surface area contributed by atoms with E-state index in [0.29, 0.717) is 32.7 Å². The monoisotopic (exact) mass is 348 g/mol. The van der Waals surface area contributed by atoms with E-state index in [4.69, 9.17) is 9.84 Å². The third-order valence-corrected chi connectivity index (χ3v) is 4.67. The van der Waals surface area contributed by atoms with Crippen LogP contribution in [0.25, 0.3) is 0 Å². The Bertz CT molecular complexity index is 614. The lowest BCUT2D eigenvalue weighted by atomic mass is 10.1. The number of unbranched alkanes of at least 4 members (excludes halogenated alkanes) is 1. The number of aromatic nitrogens is 1. The van der Waals surface area contributed by atoms with Gasteiger partial charge in [-0.1, -0.05) is 13.3 Å². The summed E-state index contributed by atoms with van der Waals surface area (Å²) in [6.45, 7) is 4.85. The van der Waals surface area contributed by atoms with E-state index in [0.717, 1.165) is 30.8 Å². The van der Waals surface area contributed by atoms with Crippen LogP contribution in [0.4, 0.5) is 21.1 Å². The molecule has 0 radical (unpaired) electrons. The van der Waals surface area contributed by atoms with Gasteiger partial charge in [0.1, 0.15) is 11.9 Å². The lowest BCUT2D eigenvalue weighted by molar-refractivity contribution is 0.135. The number of ether oxygens (including phenoxy) is 1. The number of pyridine rings is 1. The van der Waals surface area contributed by atoms with E-state index in [2.05, 4.69) is 16.8 Å². The maximum atomic E-state index is 12.0. The van der Waals surface area contributed by atoms with Crippen molar-refractivity contribution >= 4 is 23.7 Å². The van der Waals surface area contributed by atoms with E-state index in [9.17, 15) is 9.59 Å². The van der Waals surface area contributed by atoms with E-state index in [1.807, 2.05) is 12.1 Å². The number of anilines is 2. The molecule has 1 atom stereocenters. The van der Waals surface area contributed by atoms with Crippen molar-refractivity contribution in [2.24, 2.45) is 0 Å². The van der Waals surface area contributed by atoms with Crippen molar-refractivity contribution in [2.45, 2.75) is 32.3 Å². The Labute approximate surface area is 147 Å². The van der Waals surface area contributed by atoms with Crippen molar-refractivity contribution in [3.63, 3.8) is 0 Å². The Morgan fingerprint density at radius 3 is 2.68 bits per heavy atom. The first kappa shape index (κ1) is 17.3. The van der Waals surface area contributed by atoms with Gasteiger partial charge in [-0.25, -0.2) is 14.6 Å². The number of carboxylic acid groups (broad SMARTS) is 1. The number of amides is 2. The van der Waals surface area contributed by atoms with E-state index in [-0.39, 0.29) is 12.2 Å². The maximum absolute atomic E-state index is 12.0. The maximum Gasteiger partial charge on any atom is 0.414 e. The normalized spacial score (nSPS) is 20.8. The fourth-order valence-electron chi connectivity index (χ4n) is 3.17. The van der Waals surface area contributed by atoms with Gasteiger partial charge in [-0.05, 0) is 25.0 Å². The predicted molar refractivity (Wildman–Crippen MR) is 93.2 cm³/mol. The van der Waals surface area contributed by atoms with Crippen LogP contribution in [-0.4, -0.2) is 66.0 Å². The number of carbonyl (C=O) groups is 2. The fourth-order valence-corrected chi connectivity index (χ4v) is 3.17. The summed E-state index contributed by atoms with van der Waals surface area (Å²) in [6, 6.07) is 3.74. The molecule has 1 aromatic heterocycles. The molecule has 8 nitrogen and oxygen atoms in total. The molecule has 2 amide bonds. The van der Waals surface area contributed by atoms with E-state index >= 15 is 0 Å². The molecular weight excluding hydrogens is 324 g/mol. The van der Waals surface area contributed by atoms with E-state index in [1.165, 1.54) is 4.90 Å². The summed E-state index contributed by atoms with van der Waals surface area (Å²) in [6.07, 6.45) is 3.46. The molecule has 25 heavy (non-hydrogen) atoms. The highest BCUT2D eigenvalue weighted by molar-refractivity contribution is 5.89. The number of rotatable bonds is 5. The van der Waals surface area contributed by atoms with Crippen LogP contribution in [-0.2, 0) is 4.74 Å². The average molecular weight is 348 g/mol. The first-order valence-corrected chi connectivity index (χ1v) is 8.75. The van der Waals surface area contributed by atoms with Gasteiger partial charge in [0.05, 0.1) is 18.4 Å². The smallest absolute Gasteiger partial charge is 0.414 e. The second-order valence-corrected chi connectivity index (χ2v) is 6.39. The molecule has 2 saturated heterocycles. The number of cyclic esters (lactones) is 1. The minimum atomic E-state index is -0.881. The molecule has 0 spiro atoms. The quantitative estimate of drug-likeness (QED) is 0.879. The van der Waals surface area contributed by atoms with Crippen molar-refractivity contribution in [2.75, 3.05) is 42.5 Å². The van der Waals surface area contributed by atoms with Gasteiger partial charge in [0, 0.05) is 26.2 Å². The standard InChI is InChI=1S/C17H24N4O4/c1-2-3-4-14-12-21(17(24)25-14)13-5-6-15(18-11-13)19-7-9-20(10-8-19)16(22)23/h5-6,11,14H,2-4,7-10,12H2,1H3,(H,22,23). The topological polar surface area (TPSA) is 86.2 Å². The van der Waals surface area contributed by atoms with E-state index in [1.54, 1.807) is 11.1 Å². The van der Waals surface area contributed by atoms with Gasteiger partial charge in [-0.3, -0.25) is 4.90 Å². The summed E-state index contributed by atoms with van der Waals surface area (Å²) in [5.74, 6) is 0.795. The largest absolute Gasteiger partial charge is 0.465 e. The zero-order chi connectivity index (χ0) is 17.8. The van der Waals surface area contributed by atoms with Crippen molar-refractivity contribution in [3.05, 3.63) is 18.3 Å². The molecule has 0 saturated carbocycles. The van der Waals surface area contributed by atoms with Crippen molar-refractivity contribution in [1.82, 2.24) is 9.88 Å². The Morgan fingerprint density at radius 2 is 2.08 bits per heavy atom. The molecule has 0 bridgehead atoms. The Morgan fingerprint density at radius 1 is 1.32 bits per heavy atom. The zero-order valence-corrected chi connectivity index (χ0v) is 14.4. The van der Waals surface area contributed by atoms with Gasteiger partial charge < -0.3 is 19.6 Å². The summed E-state index contributed by atoms with van der Waals surface area (Å²) in [7, 11) is 0. The Balaban J connectivity index is 1.59. The zero-order valence-electron chi connectivity index (χ0n) is 14.4. The van der Waals surface area contributed by atoms with Gasteiger partial charge in [-0.2, -0.15) is 0 Å². The van der Waals surface area contributed by atoms with Crippen LogP contribution >= 0.6 is 0 Å². The van der Waals surface area contributed by atoms with Crippen molar-refractivity contribution < 1.29 is 19.4 Å². The van der Waals surface area contributed by atoms with Gasteiger partial charge in [0.2, 0.25) is 0 Å². The van der Waals surface area contributed by atoms with Crippen molar-refractivity contribution in [3.8, 4) is 0 Å². The minimum absolute atomic E-state index is 0.0452. The Kier molecular flexibility index (Phi) is 5.25. The molecule has 2 fully saturated rings. The molecule has 1 N–H and O–H groups in total. The van der Waals surface area contributed by atoms with Crippen LogP contribution in [0.1, 0.15) is 26.2 Å². The van der Waals surface area contributed by atoms with Gasteiger partial charge in [0.15, 0.2) is 0 Å². The summed E-state index contributed by atoms with van der Waals surface area (Å²) >= 11 is 0. The average Bonchev–Trinajstić information content (AvgIpc) is 3.01. The second-order valence-electron chi connectivity index (χ2n) is 6.39. The van der Waals surface area contributed by atoms with Crippen LogP contribution < -0.4 is 9.80 Å². The van der Waals surface area contributed by atoms with Gasteiger partial charge >= 0.3 is 12.2 Å². The highest BCUT2D eigenvalue weighted by Crippen LogP contribution is 2.25.